The summed E-state index contributed by atoms with van der Waals surface area (Å²) in [4.78, 5) is 28.9. The van der Waals surface area contributed by atoms with Gasteiger partial charge in [0.2, 0.25) is 5.95 Å². The summed E-state index contributed by atoms with van der Waals surface area (Å²) in [6.45, 7) is 3.94. The standard InChI is InChI=1S/C24H22ClN5O3/c1-4-33-23(31)19-13-27-24(30-21(19)15-5-7-16(25)8-6-15)29-17-9-10-18(20(11-17)32-3)22-26-12-14(2)28-22/h5-13H,4H2,1-3H3,(H,26,28)(H,27,29,30). The smallest absolute Gasteiger partial charge is 0.341 e. The van der Waals surface area contributed by atoms with E-state index in [0.29, 0.717) is 33.7 Å². The minimum Gasteiger partial charge on any atom is -0.496 e. The molecule has 0 fully saturated rings. The van der Waals surface area contributed by atoms with Crippen molar-refractivity contribution in [1.29, 1.82) is 0 Å². The number of aryl methyl sites for hydroxylation is 1. The van der Waals surface area contributed by atoms with E-state index < -0.39 is 5.97 Å². The number of anilines is 2. The molecule has 2 aromatic heterocycles. The fourth-order valence-corrected chi connectivity index (χ4v) is 3.40. The van der Waals surface area contributed by atoms with Crippen molar-refractivity contribution in [2.75, 3.05) is 19.0 Å². The van der Waals surface area contributed by atoms with E-state index in [0.717, 1.165) is 17.1 Å². The number of benzene rings is 2. The van der Waals surface area contributed by atoms with Crippen LogP contribution in [0.4, 0.5) is 11.6 Å². The van der Waals surface area contributed by atoms with E-state index in [4.69, 9.17) is 21.1 Å². The molecule has 0 unspecified atom stereocenters. The molecule has 9 heteroatoms. The van der Waals surface area contributed by atoms with Gasteiger partial charge in [0, 0.05) is 40.4 Å². The Morgan fingerprint density at radius 3 is 2.58 bits per heavy atom. The molecular weight excluding hydrogens is 442 g/mol. The van der Waals surface area contributed by atoms with Crippen LogP contribution in [0.1, 0.15) is 23.0 Å². The molecule has 4 rings (SSSR count). The highest BCUT2D eigenvalue weighted by molar-refractivity contribution is 6.30. The summed E-state index contributed by atoms with van der Waals surface area (Å²) in [6, 6.07) is 12.7. The molecule has 0 aliphatic heterocycles. The molecular formula is C24H22ClN5O3. The zero-order valence-corrected chi connectivity index (χ0v) is 19.1. The van der Waals surface area contributed by atoms with Crippen molar-refractivity contribution in [2.45, 2.75) is 13.8 Å². The number of aromatic amines is 1. The number of hydrogen-bond acceptors (Lipinski definition) is 7. The third kappa shape index (κ3) is 4.96. The summed E-state index contributed by atoms with van der Waals surface area (Å²) >= 11 is 6.02. The van der Waals surface area contributed by atoms with Crippen molar-refractivity contribution in [3.05, 3.63) is 71.1 Å². The Balaban J connectivity index is 1.69. The number of methoxy groups -OCH3 is 1. The summed E-state index contributed by atoms with van der Waals surface area (Å²) in [5.74, 6) is 1.18. The van der Waals surface area contributed by atoms with Gasteiger partial charge in [0.15, 0.2) is 0 Å². The number of rotatable bonds is 7. The summed E-state index contributed by atoms with van der Waals surface area (Å²) in [6.07, 6.45) is 3.21. The Kier molecular flexibility index (Phi) is 6.55. The van der Waals surface area contributed by atoms with Crippen LogP contribution >= 0.6 is 11.6 Å². The Bertz CT molecular complexity index is 1290. The van der Waals surface area contributed by atoms with Gasteiger partial charge in [-0.3, -0.25) is 0 Å². The van der Waals surface area contributed by atoms with Gasteiger partial charge in [-0.15, -0.1) is 0 Å². The van der Waals surface area contributed by atoms with Gasteiger partial charge in [-0.05, 0) is 38.1 Å². The summed E-state index contributed by atoms with van der Waals surface area (Å²) < 4.78 is 10.7. The maximum absolute atomic E-state index is 12.5. The van der Waals surface area contributed by atoms with Gasteiger partial charge < -0.3 is 19.8 Å². The lowest BCUT2D eigenvalue weighted by Gasteiger charge is -2.13. The predicted molar refractivity (Wildman–Crippen MR) is 127 cm³/mol. The van der Waals surface area contributed by atoms with Crippen molar-refractivity contribution < 1.29 is 14.3 Å². The van der Waals surface area contributed by atoms with Gasteiger partial charge in [0.1, 0.15) is 17.1 Å². The molecule has 168 valence electrons. The number of imidazole rings is 1. The van der Waals surface area contributed by atoms with Gasteiger partial charge in [-0.2, -0.15) is 0 Å². The molecule has 0 amide bonds. The van der Waals surface area contributed by atoms with E-state index in [1.165, 1.54) is 6.20 Å². The second-order valence-corrected chi connectivity index (χ2v) is 7.57. The van der Waals surface area contributed by atoms with Gasteiger partial charge in [-0.25, -0.2) is 19.7 Å². The first-order chi connectivity index (χ1) is 16.0. The van der Waals surface area contributed by atoms with Crippen molar-refractivity contribution in [3.8, 4) is 28.4 Å². The number of aromatic nitrogens is 4. The molecule has 0 aliphatic carbocycles. The van der Waals surface area contributed by atoms with Gasteiger partial charge in [0.05, 0.1) is 25.0 Å². The third-order valence-electron chi connectivity index (χ3n) is 4.82. The van der Waals surface area contributed by atoms with Crippen LogP contribution in [0.2, 0.25) is 5.02 Å². The lowest BCUT2D eigenvalue weighted by atomic mass is 10.1. The van der Waals surface area contributed by atoms with E-state index >= 15 is 0 Å². The number of H-pyrrole nitrogens is 1. The van der Waals surface area contributed by atoms with Crippen molar-refractivity contribution in [2.24, 2.45) is 0 Å². The van der Waals surface area contributed by atoms with Gasteiger partial charge in [-0.1, -0.05) is 23.7 Å². The first-order valence-corrected chi connectivity index (χ1v) is 10.6. The van der Waals surface area contributed by atoms with Crippen LogP contribution in [0.3, 0.4) is 0 Å². The number of carbonyl (C=O) groups is 1. The minimum absolute atomic E-state index is 0.250. The lowest BCUT2D eigenvalue weighted by molar-refractivity contribution is 0.0526. The maximum atomic E-state index is 12.5. The highest BCUT2D eigenvalue weighted by Crippen LogP contribution is 2.32. The Labute approximate surface area is 196 Å². The van der Waals surface area contributed by atoms with Crippen LogP contribution in [0.15, 0.2) is 54.9 Å². The maximum Gasteiger partial charge on any atom is 0.341 e. The number of nitrogens with zero attached hydrogens (tertiary/aromatic N) is 3. The molecule has 0 spiro atoms. The summed E-state index contributed by atoms with van der Waals surface area (Å²) in [5.41, 5.74) is 3.93. The van der Waals surface area contributed by atoms with E-state index in [1.807, 2.05) is 25.1 Å². The average Bonchev–Trinajstić information content (AvgIpc) is 3.25. The molecule has 0 saturated heterocycles. The fraction of sp³-hybridized carbons (Fsp3) is 0.167. The summed E-state index contributed by atoms with van der Waals surface area (Å²) in [7, 11) is 1.60. The molecule has 0 aliphatic rings. The number of hydrogen-bond donors (Lipinski definition) is 2. The predicted octanol–water partition coefficient (Wildman–Crippen LogP) is 5.42. The van der Waals surface area contributed by atoms with Crippen LogP contribution < -0.4 is 10.1 Å². The zero-order valence-electron chi connectivity index (χ0n) is 18.3. The van der Waals surface area contributed by atoms with E-state index in [1.54, 1.807) is 44.5 Å². The monoisotopic (exact) mass is 463 g/mol. The number of esters is 1. The van der Waals surface area contributed by atoms with E-state index in [9.17, 15) is 4.79 Å². The van der Waals surface area contributed by atoms with Crippen LogP contribution in [-0.2, 0) is 4.74 Å². The fourth-order valence-electron chi connectivity index (χ4n) is 3.27. The van der Waals surface area contributed by atoms with Crippen molar-refractivity contribution in [1.82, 2.24) is 19.9 Å². The zero-order chi connectivity index (χ0) is 23.4. The number of nitrogens with one attached hydrogen (secondary N) is 2. The second kappa shape index (κ2) is 9.70. The highest BCUT2D eigenvalue weighted by Gasteiger charge is 2.18. The Morgan fingerprint density at radius 2 is 1.91 bits per heavy atom. The Hall–Kier alpha value is -3.91. The third-order valence-corrected chi connectivity index (χ3v) is 5.07. The molecule has 0 radical (unpaired) electrons. The SMILES string of the molecule is CCOC(=O)c1cnc(Nc2ccc(-c3ncc(C)[nH]3)c(OC)c2)nc1-c1ccc(Cl)cc1. The van der Waals surface area contributed by atoms with Gasteiger partial charge >= 0.3 is 5.97 Å². The average molecular weight is 464 g/mol. The number of ether oxygens (including phenoxy) is 2. The molecule has 33 heavy (non-hydrogen) atoms. The summed E-state index contributed by atoms with van der Waals surface area (Å²) in [5, 5.41) is 3.76. The van der Waals surface area contributed by atoms with E-state index in [-0.39, 0.29) is 12.2 Å². The molecule has 0 saturated carbocycles. The molecule has 2 N–H and O–H groups in total. The van der Waals surface area contributed by atoms with Crippen LogP contribution in [-0.4, -0.2) is 39.6 Å². The first kappa shape index (κ1) is 22.3. The van der Waals surface area contributed by atoms with Gasteiger partial charge in [0.25, 0.3) is 0 Å². The van der Waals surface area contributed by atoms with Crippen molar-refractivity contribution >= 4 is 29.2 Å². The van der Waals surface area contributed by atoms with Crippen LogP contribution in [0, 0.1) is 6.92 Å². The number of halogens is 1. The molecule has 4 aromatic rings. The Morgan fingerprint density at radius 1 is 1.12 bits per heavy atom. The topological polar surface area (TPSA) is 102 Å². The molecule has 0 atom stereocenters. The van der Waals surface area contributed by atoms with Crippen molar-refractivity contribution in [3.63, 3.8) is 0 Å². The number of carbonyl (C=O) groups excluding carboxylic acids is 1. The second-order valence-electron chi connectivity index (χ2n) is 7.14. The lowest BCUT2D eigenvalue weighted by Crippen LogP contribution is -2.10. The van der Waals surface area contributed by atoms with Crippen LogP contribution in [0.25, 0.3) is 22.6 Å². The first-order valence-electron chi connectivity index (χ1n) is 10.3. The minimum atomic E-state index is -0.492. The highest BCUT2D eigenvalue weighted by atomic mass is 35.5. The van der Waals surface area contributed by atoms with E-state index in [2.05, 4.69) is 25.3 Å². The quantitative estimate of drug-likeness (QED) is 0.352. The largest absolute Gasteiger partial charge is 0.496 e. The van der Waals surface area contributed by atoms with Crippen LogP contribution in [0.5, 0.6) is 5.75 Å². The molecule has 2 heterocycles. The molecule has 0 bridgehead atoms. The molecule has 2 aromatic carbocycles. The molecule has 8 nitrogen and oxygen atoms in total. The normalized spacial score (nSPS) is 10.7.